The molecule has 10 heteroatoms. The van der Waals surface area contributed by atoms with E-state index in [1.807, 2.05) is 0 Å². The summed E-state index contributed by atoms with van der Waals surface area (Å²) >= 11 is 0. The van der Waals surface area contributed by atoms with E-state index < -0.39 is 18.8 Å². The molecule has 0 aliphatic carbocycles. The van der Waals surface area contributed by atoms with Crippen LogP contribution in [0.2, 0.25) is 0 Å². The molecular weight excluding hydrogens is 329 g/mol. The number of amides is 2. The Morgan fingerprint density at radius 1 is 1.33 bits per heavy atom. The number of rotatable bonds is 5. The lowest BCUT2D eigenvalue weighted by atomic mass is 10.3. The molecule has 0 fully saturated rings. The van der Waals surface area contributed by atoms with E-state index in [1.165, 1.54) is 29.2 Å². The Kier molecular flexibility index (Phi) is 5.27. The fourth-order valence-electron chi connectivity index (χ4n) is 1.71. The summed E-state index contributed by atoms with van der Waals surface area (Å²) < 4.78 is 45.6. The molecule has 24 heavy (non-hydrogen) atoms. The molecule has 0 radical (unpaired) electrons. The van der Waals surface area contributed by atoms with E-state index in [0.29, 0.717) is 17.4 Å². The number of carbonyl (C=O) groups excluding carboxylic acids is 1. The summed E-state index contributed by atoms with van der Waals surface area (Å²) in [5.74, 6) is 0.815. The maximum Gasteiger partial charge on any atom is 0.422 e. The van der Waals surface area contributed by atoms with Crippen LogP contribution >= 0.6 is 0 Å². The van der Waals surface area contributed by atoms with E-state index in [9.17, 15) is 18.0 Å². The van der Waals surface area contributed by atoms with E-state index >= 15 is 0 Å². The Morgan fingerprint density at radius 3 is 2.54 bits per heavy atom. The van der Waals surface area contributed by atoms with Crippen molar-refractivity contribution in [2.45, 2.75) is 19.6 Å². The molecule has 0 spiro atoms. The number of halogens is 3. The highest BCUT2D eigenvalue weighted by Gasteiger charge is 2.28. The Labute approximate surface area is 135 Å². The predicted molar refractivity (Wildman–Crippen MR) is 77.5 cm³/mol. The average Bonchev–Trinajstić information content (AvgIpc) is 2.91. The zero-order valence-electron chi connectivity index (χ0n) is 12.9. The molecule has 130 valence electrons. The molecule has 0 saturated carbocycles. The van der Waals surface area contributed by atoms with Crippen molar-refractivity contribution in [3.8, 4) is 5.75 Å². The van der Waals surface area contributed by atoms with Gasteiger partial charge in [0.15, 0.2) is 12.4 Å². The molecular formula is C14H15F3N4O3. The van der Waals surface area contributed by atoms with Crippen molar-refractivity contribution < 1.29 is 27.2 Å². The fraction of sp³-hybridized carbons (Fsp3) is 0.357. The van der Waals surface area contributed by atoms with Crippen LogP contribution in [0.4, 0.5) is 23.7 Å². The Balaban J connectivity index is 1.87. The zero-order valence-corrected chi connectivity index (χ0v) is 12.9. The van der Waals surface area contributed by atoms with Gasteiger partial charge in [0.2, 0.25) is 5.89 Å². The number of hydrogen-bond donors (Lipinski definition) is 1. The van der Waals surface area contributed by atoms with Gasteiger partial charge in [0, 0.05) is 19.7 Å². The number of anilines is 1. The molecule has 2 rings (SSSR count). The monoisotopic (exact) mass is 344 g/mol. The molecule has 1 aromatic heterocycles. The number of alkyl halides is 3. The number of hydrogen-bond acceptors (Lipinski definition) is 5. The number of aryl methyl sites for hydroxylation is 1. The molecule has 0 unspecified atom stereocenters. The van der Waals surface area contributed by atoms with Gasteiger partial charge in [0.25, 0.3) is 0 Å². The van der Waals surface area contributed by atoms with E-state index in [0.717, 1.165) is 0 Å². The summed E-state index contributed by atoms with van der Waals surface area (Å²) in [6, 6.07) is 5.13. The van der Waals surface area contributed by atoms with E-state index in [2.05, 4.69) is 20.2 Å². The first-order valence-corrected chi connectivity index (χ1v) is 6.84. The lowest BCUT2D eigenvalue weighted by molar-refractivity contribution is -0.153. The highest BCUT2D eigenvalue weighted by atomic mass is 19.4. The Hall–Kier alpha value is -2.78. The van der Waals surface area contributed by atoms with Crippen LogP contribution in [-0.4, -0.2) is 40.9 Å². The van der Waals surface area contributed by atoms with Crippen molar-refractivity contribution in [3.05, 3.63) is 36.0 Å². The molecule has 0 aliphatic heterocycles. The second-order valence-corrected chi connectivity index (χ2v) is 4.94. The van der Waals surface area contributed by atoms with Crippen molar-refractivity contribution in [1.82, 2.24) is 15.0 Å². The first-order chi connectivity index (χ1) is 11.2. The van der Waals surface area contributed by atoms with Crippen molar-refractivity contribution in [2.24, 2.45) is 0 Å². The van der Waals surface area contributed by atoms with Gasteiger partial charge in [-0.1, -0.05) is 5.16 Å². The van der Waals surface area contributed by atoms with E-state index in [4.69, 9.17) is 4.52 Å². The molecule has 2 aromatic rings. The van der Waals surface area contributed by atoms with Gasteiger partial charge < -0.3 is 19.5 Å². The lowest BCUT2D eigenvalue weighted by Gasteiger charge is -2.16. The number of aromatic nitrogens is 2. The third kappa shape index (κ3) is 5.45. The summed E-state index contributed by atoms with van der Waals surface area (Å²) in [7, 11) is 1.54. The van der Waals surface area contributed by atoms with Crippen LogP contribution in [0.5, 0.6) is 5.75 Å². The number of carbonyl (C=O) groups is 1. The van der Waals surface area contributed by atoms with E-state index in [-0.39, 0.29) is 12.3 Å². The largest absolute Gasteiger partial charge is 0.484 e. The minimum Gasteiger partial charge on any atom is -0.484 e. The number of urea groups is 1. The number of nitrogens with one attached hydrogen (secondary N) is 1. The first-order valence-electron chi connectivity index (χ1n) is 6.84. The van der Waals surface area contributed by atoms with Crippen molar-refractivity contribution in [1.29, 1.82) is 0 Å². The van der Waals surface area contributed by atoms with Gasteiger partial charge in [-0.25, -0.2) is 4.79 Å². The molecule has 0 aliphatic rings. The summed E-state index contributed by atoms with van der Waals surface area (Å²) in [5, 5.41) is 6.27. The van der Waals surface area contributed by atoms with Crippen LogP contribution in [0.1, 0.15) is 11.7 Å². The SMILES string of the molecule is Cc1nc(CN(C)C(=O)Nc2ccc(OCC(F)(F)F)cc2)no1. The lowest BCUT2D eigenvalue weighted by Crippen LogP contribution is -2.31. The van der Waals surface area contributed by atoms with Gasteiger partial charge in [0.1, 0.15) is 5.75 Å². The molecule has 1 aromatic carbocycles. The number of nitrogens with zero attached hydrogens (tertiary/aromatic N) is 3. The van der Waals surface area contributed by atoms with Crippen LogP contribution in [0.3, 0.4) is 0 Å². The maximum atomic E-state index is 12.1. The van der Waals surface area contributed by atoms with Crippen LogP contribution in [0, 0.1) is 6.92 Å². The third-order valence-electron chi connectivity index (χ3n) is 2.80. The fourth-order valence-corrected chi connectivity index (χ4v) is 1.71. The summed E-state index contributed by atoms with van der Waals surface area (Å²) in [5.41, 5.74) is 0.413. The standard InChI is InChI=1S/C14H15F3N4O3/c1-9-18-12(20-24-9)7-21(2)13(22)19-10-3-5-11(6-4-10)23-8-14(15,16)17/h3-6H,7-8H2,1-2H3,(H,19,22). The minimum absolute atomic E-state index is 0.0564. The molecule has 2 amide bonds. The van der Waals surface area contributed by atoms with Crippen molar-refractivity contribution in [3.63, 3.8) is 0 Å². The molecule has 1 N–H and O–H groups in total. The topological polar surface area (TPSA) is 80.5 Å². The molecule has 7 nitrogen and oxygen atoms in total. The van der Waals surface area contributed by atoms with Gasteiger partial charge in [0.05, 0.1) is 6.54 Å². The second kappa shape index (κ2) is 7.20. The van der Waals surface area contributed by atoms with Gasteiger partial charge in [-0.05, 0) is 24.3 Å². The molecule has 0 bridgehead atoms. The van der Waals surface area contributed by atoms with E-state index in [1.54, 1.807) is 14.0 Å². The van der Waals surface area contributed by atoms with Gasteiger partial charge in [-0.15, -0.1) is 0 Å². The quantitative estimate of drug-likeness (QED) is 0.902. The summed E-state index contributed by atoms with van der Waals surface area (Å²) in [6.45, 7) is 0.417. The average molecular weight is 344 g/mol. The second-order valence-electron chi connectivity index (χ2n) is 4.94. The summed E-state index contributed by atoms with van der Waals surface area (Å²) in [6.07, 6.45) is -4.40. The van der Waals surface area contributed by atoms with Gasteiger partial charge >= 0.3 is 12.2 Å². The highest BCUT2D eigenvalue weighted by Crippen LogP contribution is 2.20. The maximum absolute atomic E-state index is 12.1. The van der Waals surface area contributed by atoms with Crippen LogP contribution < -0.4 is 10.1 Å². The Bertz CT molecular complexity index is 685. The third-order valence-corrected chi connectivity index (χ3v) is 2.80. The van der Waals surface area contributed by atoms with Gasteiger partial charge in [-0.3, -0.25) is 0 Å². The predicted octanol–water partition coefficient (Wildman–Crippen LogP) is 2.98. The van der Waals surface area contributed by atoms with Gasteiger partial charge in [-0.2, -0.15) is 18.2 Å². The number of benzene rings is 1. The van der Waals surface area contributed by atoms with Crippen LogP contribution in [0.25, 0.3) is 0 Å². The first kappa shape index (κ1) is 17.6. The molecule has 0 saturated heterocycles. The van der Waals surface area contributed by atoms with Crippen molar-refractivity contribution >= 4 is 11.7 Å². The smallest absolute Gasteiger partial charge is 0.422 e. The normalized spacial score (nSPS) is 11.2. The Morgan fingerprint density at radius 2 is 2.00 bits per heavy atom. The van der Waals surface area contributed by atoms with Crippen LogP contribution in [-0.2, 0) is 6.54 Å². The summed E-state index contributed by atoms with van der Waals surface area (Å²) in [4.78, 5) is 17.3. The minimum atomic E-state index is -4.40. The molecule has 0 atom stereocenters. The van der Waals surface area contributed by atoms with Crippen molar-refractivity contribution in [2.75, 3.05) is 19.0 Å². The highest BCUT2D eigenvalue weighted by molar-refractivity contribution is 5.89. The molecule has 1 heterocycles. The zero-order chi connectivity index (χ0) is 17.7. The van der Waals surface area contributed by atoms with Crippen LogP contribution in [0.15, 0.2) is 28.8 Å². The number of ether oxygens (including phenoxy) is 1.